The van der Waals surface area contributed by atoms with E-state index in [4.69, 9.17) is 0 Å². The van der Waals surface area contributed by atoms with Gasteiger partial charge >= 0.3 is 11.4 Å². The molecule has 0 atom stereocenters. The number of H-pyrrole nitrogens is 1. The van der Waals surface area contributed by atoms with Gasteiger partial charge in [0.1, 0.15) is 0 Å². The minimum absolute atomic E-state index is 0.321. The van der Waals surface area contributed by atoms with E-state index in [1.165, 1.54) is 9.25 Å². The van der Waals surface area contributed by atoms with E-state index in [2.05, 4.69) is 5.10 Å². The lowest BCUT2D eigenvalue weighted by molar-refractivity contribution is 0.631. The summed E-state index contributed by atoms with van der Waals surface area (Å²) in [4.78, 5) is 23.4. The molecule has 2 rings (SSSR count). The Kier molecular flexibility index (Phi) is 2.76. The van der Waals surface area contributed by atoms with Crippen molar-refractivity contribution in [1.82, 2.24) is 14.3 Å². The van der Waals surface area contributed by atoms with Crippen molar-refractivity contribution in [2.75, 3.05) is 0 Å². The van der Waals surface area contributed by atoms with Crippen LogP contribution in [0.25, 0.3) is 5.69 Å². The van der Waals surface area contributed by atoms with Crippen LogP contribution in [0, 0.1) is 0 Å². The number of hydrogen-bond donors (Lipinski definition) is 1. The van der Waals surface area contributed by atoms with E-state index in [1.54, 1.807) is 12.1 Å². The Morgan fingerprint density at radius 1 is 1.19 bits per heavy atom. The van der Waals surface area contributed by atoms with E-state index in [1.807, 2.05) is 25.1 Å². The molecule has 0 saturated carbocycles. The molecule has 2 aromatic rings. The maximum Gasteiger partial charge on any atom is 0.351 e. The summed E-state index contributed by atoms with van der Waals surface area (Å²) in [5, 5.41) is 2.53. The highest BCUT2D eigenvalue weighted by Gasteiger charge is 2.08. The Hall–Kier alpha value is -2.04. The largest absolute Gasteiger partial charge is 0.351 e. The van der Waals surface area contributed by atoms with Crippen LogP contribution in [0.3, 0.4) is 0 Å². The van der Waals surface area contributed by atoms with Crippen molar-refractivity contribution >= 4 is 0 Å². The van der Waals surface area contributed by atoms with Gasteiger partial charge in [0.15, 0.2) is 0 Å². The fourth-order valence-corrected chi connectivity index (χ4v) is 1.58. The van der Waals surface area contributed by atoms with E-state index in [0.717, 1.165) is 6.42 Å². The van der Waals surface area contributed by atoms with Gasteiger partial charge in [-0.25, -0.2) is 23.9 Å². The second-order valence-corrected chi connectivity index (χ2v) is 3.52. The molecule has 84 valence electrons. The molecule has 0 aliphatic rings. The second kappa shape index (κ2) is 4.22. The van der Waals surface area contributed by atoms with Gasteiger partial charge in [-0.05, 0) is 18.6 Å². The van der Waals surface area contributed by atoms with E-state index < -0.39 is 0 Å². The molecule has 0 bridgehead atoms. The standard InChI is InChI=1S/C11H13N3O2/c1-2-8-13-10(15)12-14(11(13)16)9-6-4-3-5-7-9/h3-7H,2,8H2,1H3,(H,12,15). The fraction of sp³-hybridized carbons (Fsp3) is 0.273. The van der Waals surface area contributed by atoms with Gasteiger partial charge in [0.2, 0.25) is 0 Å². The summed E-state index contributed by atoms with van der Waals surface area (Å²) in [6.45, 7) is 2.36. The molecule has 0 spiro atoms. The van der Waals surface area contributed by atoms with Gasteiger partial charge in [-0.3, -0.25) is 0 Å². The number of benzene rings is 1. The predicted molar refractivity (Wildman–Crippen MR) is 60.9 cm³/mol. The number of aromatic nitrogens is 3. The summed E-state index contributed by atoms with van der Waals surface area (Å²) >= 11 is 0. The molecule has 0 saturated heterocycles. The summed E-state index contributed by atoms with van der Waals surface area (Å²) in [5.74, 6) is 0. The van der Waals surface area contributed by atoms with E-state index >= 15 is 0 Å². The first-order valence-electron chi connectivity index (χ1n) is 5.21. The number of nitrogens with zero attached hydrogens (tertiary/aromatic N) is 2. The molecule has 1 N–H and O–H groups in total. The SMILES string of the molecule is CCCn1c(=O)[nH]n(-c2ccccc2)c1=O. The van der Waals surface area contributed by atoms with E-state index in [-0.39, 0.29) is 11.4 Å². The maximum absolute atomic E-state index is 11.9. The molecule has 0 amide bonds. The Labute approximate surface area is 91.9 Å². The molecule has 1 heterocycles. The predicted octanol–water partition coefficient (Wildman–Crippen LogP) is 0.737. The molecular formula is C11H13N3O2. The number of aromatic amines is 1. The second-order valence-electron chi connectivity index (χ2n) is 3.52. The average Bonchev–Trinajstić information content (AvgIpc) is 2.59. The van der Waals surface area contributed by atoms with E-state index in [9.17, 15) is 9.59 Å². The lowest BCUT2D eigenvalue weighted by Gasteiger charge is -1.98. The van der Waals surface area contributed by atoms with Crippen molar-refractivity contribution in [1.29, 1.82) is 0 Å². The van der Waals surface area contributed by atoms with Crippen LogP contribution in [0.1, 0.15) is 13.3 Å². The quantitative estimate of drug-likeness (QED) is 0.827. The van der Waals surface area contributed by atoms with Crippen LogP contribution in [0.15, 0.2) is 39.9 Å². The molecule has 0 aliphatic carbocycles. The first-order valence-corrected chi connectivity index (χ1v) is 5.21. The summed E-state index contributed by atoms with van der Waals surface area (Å²) in [6, 6.07) is 9.03. The van der Waals surface area contributed by atoms with Crippen molar-refractivity contribution in [2.24, 2.45) is 0 Å². The number of nitrogens with one attached hydrogen (secondary N) is 1. The fourth-order valence-electron chi connectivity index (χ4n) is 1.58. The van der Waals surface area contributed by atoms with Gasteiger partial charge in [0.25, 0.3) is 0 Å². The van der Waals surface area contributed by atoms with Crippen LogP contribution in [0.2, 0.25) is 0 Å². The van der Waals surface area contributed by atoms with Gasteiger partial charge < -0.3 is 0 Å². The van der Waals surface area contributed by atoms with Crippen molar-refractivity contribution in [3.63, 3.8) is 0 Å². The van der Waals surface area contributed by atoms with Crippen molar-refractivity contribution < 1.29 is 0 Å². The monoisotopic (exact) mass is 219 g/mol. The minimum Gasteiger partial charge on any atom is -0.246 e. The van der Waals surface area contributed by atoms with Crippen LogP contribution in [-0.4, -0.2) is 14.3 Å². The molecule has 5 nitrogen and oxygen atoms in total. The van der Waals surface area contributed by atoms with Gasteiger partial charge in [-0.15, -0.1) is 0 Å². The Morgan fingerprint density at radius 2 is 1.88 bits per heavy atom. The highest BCUT2D eigenvalue weighted by atomic mass is 16.2. The Morgan fingerprint density at radius 3 is 2.50 bits per heavy atom. The molecule has 0 unspecified atom stereocenters. The van der Waals surface area contributed by atoms with Gasteiger partial charge in [0, 0.05) is 6.54 Å². The third-order valence-corrected chi connectivity index (χ3v) is 2.34. The zero-order valence-corrected chi connectivity index (χ0v) is 9.01. The maximum atomic E-state index is 11.9. The van der Waals surface area contributed by atoms with Crippen LogP contribution >= 0.6 is 0 Å². The third-order valence-electron chi connectivity index (χ3n) is 2.34. The molecule has 1 aromatic carbocycles. The number of rotatable bonds is 3. The first kappa shape index (κ1) is 10.5. The zero-order chi connectivity index (χ0) is 11.5. The molecule has 1 aromatic heterocycles. The Balaban J connectivity index is 2.57. The zero-order valence-electron chi connectivity index (χ0n) is 9.01. The summed E-state index contributed by atoms with van der Waals surface area (Å²) in [5.41, 5.74) is -0.0202. The summed E-state index contributed by atoms with van der Waals surface area (Å²) in [6.07, 6.45) is 0.752. The lowest BCUT2D eigenvalue weighted by atomic mass is 10.3. The number of hydrogen-bond acceptors (Lipinski definition) is 2. The average molecular weight is 219 g/mol. The van der Waals surface area contributed by atoms with Crippen LogP contribution in [-0.2, 0) is 6.54 Å². The number of para-hydroxylation sites is 1. The van der Waals surface area contributed by atoms with Gasteiger partial charge in [-0.1, -0.05) is 25.1 Å². The summed E-state index contributed by atoms with van der Waals surface area (Å²) in [7, 11) is 0. The third kappa shape index (κ3) is 1.71. The van der Waals surface area contributed by atoms with Gasteiger partial charge in [-0.2, -0.15) is 0 Å². The van der Waals surface area contributed by atoms with Crippen molar-refractivity contribution in [2.45, 2.75) is 19.9 Å². The minimum atomic E-state index is -0.365. The highest BCUT2D eigenvalue weighted by molar-refractivity contribution is 5.29. The molecule has 0 aliphatic heterocycles. The molecular weight excluding hydrogens is 206 g/mol. The molecule has 16 heavy (non-hydrogen) atoms. The van der Waals surface area contributed by atoms with Crippen molar-refractivity contribution in [3.8, 4) is 5.69 Å². The first-order chi connectivity index (χ1) is 7.74. The molecule has 0 fully saturated rings. The summed E-state index contributed by atoms with van der Waals surface area (Å²) < 4.78 is 2.46. The van der Waals surface area contributed by atoms with Crippen LogP contribution in [0.5, 0.6) is 0 Å². The topological polar surface area (TPSA) is 59.8 Å². The van der Waals surface area contributed by atoms with Crippen LogP contribution in [0.4, 0.5) is 0 Å². The van der Waals surface area contributed by atoms with Gasteiger partial charge in [0.05, 0.1) is 5.69 Å². The van der Waals surface area contributed by atoms with E-state index in [0.29, 0.717) is 12.2 Å². The van der Waals surface area contributed by atoms with Crippen LogP contribution < -0.4 is 11.4 Å². The normalized spacial score (nSPS) is 10.6. The lowest BCUT2D eigenvalue weighted by Crippen LogP contribution is -2.28. The smallest absolute Gasteiger partial charge is 0.246 e. The highest BCUT2D eigenvalue weighted by Crippen LogP contribution is 2.00. The Bertz CT molecular complexity index is 577. The molecule has 5 heteroatoms. The van der Waals surface area contributed by atoms with Crippen molar-refractivity contribution in [3.05, 3.63) is 51.3 Å². The molecule has 0 radical (unpaired) electrons.